The molecule has 0 radical (unpaired) electrons. The van der Waals surface area contributed by atoms with Gasteiger partial charge in [0.05, 0.1) is 18.1 Å². The lowest BCUT2D eigenvalue weighted by Crippen LogP contribution is -2.38. The number of carbonyl (C=O) groups is 2. The highest BCUT2D eigenvalue weighted by Gasteiger charge is 2.15. The molecule has 0 atom stereocenters. The minimum atomic E-state index is -1.38. The zero-order valence-electron chi connectivity index (χ0n) is 14.4. The summed E-state index contributed by atoms with van der Waals surface area (Å²) >= 11 is 0. The molecule has 0 spiro atoms. The van der Waals surface area contributed by atoms with Crippen LogP contribution in [-0.2, 0) is 4.79 Å². The van der Waals surface area contributed by atoms with Crippen LogP contribution in [0.2, 0.25) is 0 Å². The van der Waals surface area contributed by atoms with Gasteiger partial charge in [0, 0.05) is 22.7 Å². The molecule has 0 aliphatic heterocycles. The minimum Gasteiger partial charge on any atom is -0.548 e. The van der Waals surface area contributed by atoms with E-state index in [2.05, 4.69) is 5.32 Å². The molecule has 3 rings (SSSR count). The van der Waals surface area contributed by atoms with Gasteiger partial charge >= 0.3 is 0 Å². The molecule has 0 saturated carbocycles. The highest BCUT2D eigenvalue weighted by molar-refractivity contribution is 6.07. The van der Waals surface area contributed by atoms with Gasteiger partial charge in [0.1, 0.15) is 0 Å². The third kappa shape index (κ3) is 3.21. The smallest absolute Gasteiger partial charge is 0.262 e. The molecule has 1 aromatic heterocycles. The summed E-state index contributed by atoms with van der Waals surface area (Å²) in [6.45, 7) is 3.31. The van der Waals surface area contributed by atoms with Gasteiger partial charge in [-0.25, -0.2) is 0 Å². The average Bonchev–Trinajstić information content (AvgIpc) is 2.62. The van der Waals surface area contributed by atoms with Crippen LogP contribution >= 0.6 is 0 Å². The Labute approximate surface area is 149 Å². The SMILES string of the molecule is Cc1ccc(-n2cc(C(=O)NCC(=O)[O-])c3ccccc3c2=O)cc1C. The number of pyridine rings is 1. The number of hydrogen-bond donors (Lipinski definition) is 1. The van der Waals surface area contributed by atoms with E-state index in [-0.39, 0.29) is 11.1 Å². The lowest BCUT2D eigenvalue weighted by Gasteiger charge is -2.14. The Kier molecular flexibility index (Phi) is 4.58. The summed E-state index contributed by atoms with van der Waals surface area (Å²) in [7, 11) is 0. The van der Waals surface area contributed by atoms with Crippen LogP contribution in [0.15, 0.2) is 53.5 Å². The van der Waals surface area contributed by atoms with Crippen molar-refractivity contribution < 1.29 is 14.7 Å². The van der Waals surface area contributed by atoms with E-state index in [4.69, 9.17) is 0 Å². The van der Waals surface area contributed by atoms with Crippen LogP contribution in [0, 0.1) is 13.8 Å². The number of rotatable bonds is 4. The van der Waals surface area contributed by atoms with Crippen molar-refractivity contribution >= 4 is 22.6 Å². The zero-order valence-corrected chi connectivity index (χ0v) is 14.4. The van der Waals surface area contributed by atoms with Gasteiger partial charge in [-0.1, -0.05) is 24.3 Å². The summed E-state index contributed by atoms with van der Waals surface area (Å²) in [5.41, 5.74) is 2.72. The van der Waals surface area contributed by atoms with Crippen LogP contribution in [0.1, 0.15) is 21.5 Å². The fourth-order valence-electron chi connectivity index (χ4n) is 2.79. The van der Waals surface area contributed by atoms with Gasteiger partial charge in [-0.2, -0.15) is 0 Å². The molecule has 0 saturated heterocycles. The van der Waals surface area contributed by atoms with Gasteiger partial charge < -0.3 is 15.2 Å². The van der Waals surface area contributed by atoms with E-state index in [0.717, 1.165) is 11.1 Å². The van der Waals surface area contributed by atoms with E-state index in [9.17, 15) is 19.5 Å². The number of nitrogens with zero attached hydrogens (tertiary/aromatic N) is 1. The van der Waals surface area contributed by atoms with Crippen LogP contribution < -0.4 is 16.0 Å². The Morgan fingerprint density at radius 2 is 1.73 bits per heavy atom. The van der Waals surface area contributed by atoms with E-state index in [1.54, 1.807) is 30.3 Å². The minimum absolute atomic E-state index is 0.222. The maximum absolute atomic E-state index is 12.9. The first-order chi connectivity index (χ1) is 12.4. The number of amides is 1. The number of aliphatic carboxylic acids is 1. The first kappa shape index (κ1) is 17.4. The third-order valence-electron chi connectivity index (χ3n) is 4.33. The van der Waals surface area contributed by atoms with Gasteiger partial charge in [0.2, 0.25) is 0 Å². The molecular formula is C20H17N2O4-. The zero-order chi connectivity index (χ0) is 18.8. The van der Waals surface area contributed by atoms with Crippen molar-refractivity contribution in [2.45, 2.75) is 13.8 Å². The standard InChI is InChI=1S/C20H18N2O4/c1-12-7-8-14(9-13(12)2)22-11-17(19(25)21-10-18(23)24)15-5-3-4-6-16(15)20(22)26/h3-9,11H,10H2,1-2H3,(H,21,25)(H,23,24)/p-1. The second kappa shape index (κ2) is 6.84. The van der Waals surface area contributed by atoms with Crippen molar-refractivity contribution in [1.82, 2.24) is 9.88 Å². The second-order valence-electron chi connectivity index (χ2n) is 6.09. The molecule has 3 aromatic rings. The largest absolute Gasteiger partial charge is 0.548 e. The molecule has 2 aromatic carbocycles. The number of carboxylic acids is 1. The van der Waals surface area contributed by atoms with E-state index in [0.29, 0.717) is 16.5 Å². The van der Waals surface area contributed by atoms with Crippen molar-refractivity contribution in [2.75, 3.05) is 6.54 Å². The van der Waals surface area contributed by atoms with Gasteiger partial charge in [-0.05, 0) is 43.2 Å². The van der Waals surface area contributed by atoms with Crippen molar-refractivity contribution in [3.63, 3.8) is 0 Å². The maximum Gasteiger partial charge on any atom is 0.262 e. The highest BCUT2D eigenvalue weighted by atomic mass is 16.4. The maximum atomic E-state index is 12.9. The number of aromatic nitrogens is 1. The number of carboxylic acid groups (broad SMARTS) is 1. The molecule has 0 fully saturated rings. The molecule has 0 bridgehead atoms. The second-order valence-corrected chi connectivity index (χ2v) is 6.09. The van der Waals surface area contributed by atoms with Crippen LogP contribution in [0.4, 0.5) is 0 Å². The Morgan fingerprint density at radius 1 is 1.04 bits per heavy atom. The quantitative estimate of drug-likeness (QED) is 0.763. The summed E-state index contributed by atoms with van der Waals surface area (Å²) < 4.78 is 1.41. The first-order valence-corrected chi connectivity index (χ1v) is 8.08. The van der Waals surface area contributed by atoms with E-state index >= 15 is 0 Å². The van der Waals surface area contributed by atoms with E-state index in [1.807, 2.05) is 26.0 Å². The van der Waals surface area contributed by atoms with Crippen LogP contribution in [0.3, 0.4) is 0 Å². The predicted molar refractivity (Wildman–Crippen MR) is 96.4 cm³/mol. The summed E-state index contributed by atoms with van der Waals surface area (Å²) in [5.74, 6) is -1.96. The number of fused-ring (bicyclic) bond motifs is 1. The fraction of sp³-hybridized carbons (Fsp3) is 0.150. The first-order valence-electron chi connectivity index (χ1n) is 8.08. The average molecular weight is 349 g/mol. The molecule has 26 heavy (non-hydrogen) atoms. The summed E-state index contributed by atoms with van der Waals surface area (Å²) in [6.07, 6.45) is 1.44. The molecular weight excluding hydrogens is 332 g/mol. The van der Waals surface area contributed by atoms with Crippen molar-refractivity contribution in [3.8, 4) is 5.69 Å². The third-order valence-corrected chi connectivity index (χ3v) is 4.33. The topological polar surface area (TPSA) is 91.2 Å². The highest BCUT2D eigenvalue weighted by Crippen LogP contribution is 2.19. The predicted octanol–water partition coefficient (Wildman–Crippen LogP) is 1.09. The summed E-state index contributed by atoms with van der Waals surface area (Å²) in [4.78, 5) is 36.0. The summed E-state index contributed by atoms with van der Waals surface area (Å²) in [5, 5.41) is 13.8. The molecule has 0 unspecified atom stereocenters. The van der Waals surface area contributed by atoms with Gasteiger partial charge in [0.15, 0.2) is 0 Å². The number of hydrogen-bond acceptors (Lipinski definition) is 4. The van der Waals surface area contributed by atoms with Gasteiger partial charge in [-0.3, -0.25) is 14.2 Å². The van der Waals surface area contributed by atoms with Crippen molar-refractivity contribution in [2.24, 2.45) is 0 Å². The Balaban J connectivity index is 2.23. The molecule has 1 amide bonds. The fourth-order valence-corrected chi connectivity index (χ4v) is 2.79. The van der Waals surface area contributed by atoms with Gasteiger partial charge in [0.25, 0.3) is 11.5 Å². The molecule has 1 heterocycles. The van der Waals surface area contributed by atoms with E-state index in [1.165, 1.54) is 10.8 Å². The van der Waals surface area contributed by atoms with Crippen molar-refractivity contribution in [1.29, 1.82) is 0 Å². The van der Waals surface area contributed by atoms with Gasteiger partial charge in [-0.15, -0.1) is 0 Å². The normalized spacial score (nSPS) is 10.7. The lowest BCUT2D eigenvalue weighted by atomic mass is 10.1. The Morgan fingerprint density at radius 3 is 2.38 bits per heavy atom. The van der Waals surface area contributed by atoms with E-state index < -0.39 is 18.4 Å². The molecule has 1 N–H and O–H groups in total. The Hall–Kier alpha value is -3.41. The molecule has 6 heteroatoms. The number of aryl methyl sites for hydroxylation is 2. The van der Waals surface area contributed by atoms with Crippen molar-refractivity contribution in [3.05, 3.63) is 75.7 Å². The molecule has 132 valence electrons. The molecule has 0 aliphatic carbocycles. The molecule has 0 aliphatic rings. The number of benzene rings is 2. The van der Waals surface area contributed by atoms with Crippen LogP contribution in [0.25, 0.3) is 16.5 Å². The Bertz CT molecular complexity index is 1080. The summed E-state index contributed by atoms with van der Waals surface area (Å²) in [6, 6.07) is 12.3. The number of nitrogens with one attached hydrogen (secondary N) is 1. The monoisotopic (exact) mass is 349 g/mol. The van der Waals surface area contributed by atoms with Crippen LogP contribution in [0.5, 0.6) is 0 Å². The molecule has 6 nitrogen and oxygen atoms in total. The lowest BCUT2D eigenvalue weighted by molar-refractivity contribution is -0.303. The number of carbonyl (C=O) groups excluding carboxylic acids is 2. The van der Waals surface area contributed by atoms with Crippen LogP contribution in [-0.4, -0.2) is 23.0 Å².